The molecular weight excluding hydrogens is 236 g/mol. The zero-order valence-electron chi connectivity index (χ0n) is 10.7. The van der Waals surface area contributed by atoms with Gasteiger partial charge in [-0.1, -0.05) is 25.5 Å². The predicted molar refractivity (Wildman–Crippen MR) is 70.0 cm³/mol. The van der Waals surface area contributed by atoms with Crippen LogP contribution in [0, 0.1) is 11.3 Å². The fourth-order valence-electron chi connectivity index (χ4n) is 2.16. The molecule has 0 saturated heterocycles. The van der Waals surface area contributed by atoms with Gasteiger partial charge in [0.2, 0.25) is 0 Å². The van der Waals surface area contributed by atoms with E-state index in [-0.39, 0.29) is 11.4 Å². The van der Waals surface area contributed by atoms with Crippen molar-refractivity contribution in [3.05, 3.63) is 11.6 Å². The van der Waals surface area contributed by atoms with Crippen molar-refractivity contribution in [2.75, 3.05) is 18.6 Å². The highest BCUT2D eigenvalue weighted by Gasteiger charge is 2.36. The molecule has 0 bridgehead atoms. The topological polar surface area (TPSA) is 43.4 Å². The standard InChI is InChI=1S/C13H20O3S/c1-13(2)10(6-7-14)4-5-11(13)8-17-9-12(15)16-3/h5,7,10H,4,6,8-9H2,1-3H3/t10-/m1/s1. The molecule has 0 unspecified atom stereocenters. The molecule has 0 saturated carbocycles. The summed E-state index contributed by atoms with van der Waals surface area (Å²) < 4.78 is 4.60. The number of aldehydes is 1. The van der Waals surface area contributed by atoms with E-state index in [0.717, 1.165) is 18.5 Å². The summed E-state index contributed by atoms with van der Waals surface area (Å²) in [6.07, 6.45) is 4.82. The van der Waals surface area contributed by atoms with E-state index in [1.54, 1.807) is 11.8 Å². The summed E-state index contributed by atoms with van der Waals surface area (Å²) >= 11 is 1.57. The number of ether oxygens (including phenoxy) is 1. The Morgan fingerprint density at radius 2 is 2.35 bits per heavy atom. The maximum Gasteiger partial charge on any atom is 0.315 e. The molecule has 0 radical (unpaired) electrons. The van der Waals surface area contributed by atoms with Crippen molar-refractivity contribution in [3.8, 4) is 0 Å². The van der Waals surface area contributed by atoms with Gasteiger partial charge in [-0.05, 0) is 17.8 Å². The fraction of sp³-hybridized carbons (Fsp3) is 0.692. The molecule has 1 aliphatic rings. The summed E-state index contributed by atoms with van der Waals surface area (Å²) in [6, 6.07) is 0. The lowest BCUT2D eigenvalue weighted by atomic mass is 9.76. The fourth-order valence-corrected chi connectivity index (χ4v) is 3.26. The molecule has 0 fully saturated rings. The Bertz CT molecular complexity index is 321. The zero-order valence-corrected chi connectivity index (χ0v) is 11.5. The van der Waals surface area contributed by atoms with Gasteiger partial charge in [0, 0.05) is 12.2 Å². The van der Waals surface area contributed by atoms with E-state index in [1.807, 2.05) is 0 Å². The van der Waals surface area contributed by atoms with Crippen LogP contribution in [0.25, 0.3) is 0 Å². The highest BCUT2D eigenvalue weighted by Crippen LogP contribution is 2.45. The molecule has 1 aliphatic carbocycles. The van der Waals surface area contributed by atoms with Crippen LogP contribution in [0.2, 0.25) is 0 Å². The number of carbonyl (C=O) groups is 2. The van der Waals surface area contributed by atoms with Gasteiger partial charge in [-0.2, -0.15) is 0 Å². The quantitative estimate of drug-likeness (QED) is 0.416. The molecule has 0 aromatic heterocycles. The van der Waals surface area contributed by atoms with Crippen LogP contribution in [0.4, 0.5) is 0 Å². The smallest absolute Gasteiger partial charge is 0.315 e. The predicted octanol–water partition coefficient (Wildman–Crippen LogP) is 2.45. The van der Waals surface area contributed by atoms with Gasteiger partial charge in [-0.15, -0.1) is 11.8 Å². The van der Waals surface area contributed by atoms with E-state index in [0.29, 0.717) is 18.1 Å². The SMILES string of the molecule is COC(=O)CSCC1=CC[C@H](CC=O)C1(C)C. The van der Waals surface area contributed by atoms with Gasteiger partial charge in [0.25, 0.3) is 0 Å². The molecule has 0 heterocycles. The summed E-state index contributed by atoms with van der Waals surface area (Å²) in [5.74, 6) is 1.46. The largest absolute Gasteiger partial charge is 0.468 e. The van der Waals surface area contributed by atoms with Crippen LogP contribution in [0.15, 0.2) is 11.6 Å². The lowest BCUT2D eigenvalue weighted by Gasteiger charge is -2.29. The highest BCUT2D eigenvalue weighted by atomic mass is 32.2. The lowest BCUT2D eigenvalue weighted by Crippen LogP contribution is -2.23. The van der Waals surface area contributed by atoms with Crippen molar-refractivity contribution in [1.82, 2.24) is 0 Å². The van der Waals surface area contributed by atoms with Crippen LogP contribution < -0.4 is 0 Å². The van der Waals surface area contributed by atoms with Crippen molar-refractivity contribution in [2.24, 2.45) is 11.3 Å². The first kappa shape index (κ1) is 14.3. The summed E-state index contributed by atoms with van der Waals surface area (Å²) in [4.78, 5) is 21.6. The first-order valence-electron chi connectivity index (χ1n) is 5.80. The van der Waals surface area contributed by atoms with Crippen LogP contribution in [-0.4, -0.2) is 30.9 Å². The molecule has 0 aromatic rings. The second kappa shape index (κ2) is 6.24. The van der Waals surface area contributed by atoms with E-state index in [2.05, 4.69) is 24.7 Å². The number of methoxy groups -OCH3 is 1. The second-order valence-electron chi connectivity index (χ2n) is 4.85. The Labute approximate surface area is 107 Å². The number of thioether (sulfide) groups is 1. The molecule has 3 nitrogen and oxygen atoms in total. The number of hydrogen-bond donors (Lipinski definition) is 0. The molecule has 96 valence electrons. The molecule has 4 heteroatoms. The monoisotopic (exact) mass is 256 g/mol. The van der Waals surface area contributed by atoms with Crippen LogP contribution >= 0.6 is 11.8 Å². The van der Waals surface area contributed by atoms with Crippen LogP contribution in [-0.2, 0) is 14.3 Å². The minimum Gasteiger partial charge on any atom is -0.468 e. The average molecular weight is 256 g/mol. The number of esters is 1. The second-order valence-corrected chi connectivity index (χ2v) is 5.84. The molecule has 0 aliphatic heterocycles. The number of hydrogen-bond acceptors (Lipinski definition) is 4. The molecule has 17 heavy (non-hydrogen) atoms. The third-order valence-corrected chi connectivity index (χ3v) is 4.54. The molecule has 0 spiro atoms. The first-order chi connectivity index (χ1) is 8.02. The van der Waals surface area contributed by atoms with E-state index >= 15 is 0 Å². The maximum atomic E-state index is 11.0. The van der Waals surface area contributed by atoms with Crippen molar-refractivity contribution in [2.45, 2.75) is 26.7 Å². The first-order valence-corrected chi connectivity index (χ1v) is 6.95. The van der Waals surface area contributed by atoms with Crippen molar-refractivity contribution >= 4 is 24.0 Å². The summed E-state index contributed by atoms with van der Waals surface area (Å²) in [5, 5.41) is 0. The number of carbonyl (C=O) groups excluding carboxylic acids is 2. The molecule has 1 rings (SSSR count). The zero-order chi connectivity index (χ0) is 12.9. The third-order valence-electron chi connectivity index (χ3n) is 3.58. The van der Waals surface area contributed by atoms with E-state index in [9.17, 15) is 9.59 Å². The lowest BCUT2D eigenvalue weighted by molar-refractivity contribution is -0.137. The van der Waals surface area contributed by atoms with Crippen molar-refractivity contribution in [1.29, 1.82) is 0 Å². The van der Waals surface area contributed by atoms with Gasteiger partial charge < -0.3 is 9.53 Å². The van der Waals surface area contributed by atoms with Gasteiger partial charge in [0.05, 0.1) is 12.9 Å². The summed E-state index contributed by atoms with van der Waals surface area (Å²) in [5.41, 5.74) is 1.42. The third kappa shape index (κ3) is 3.60. The van der Waals surface area contributed by atoms with Gasteiger partial charge in [-0.25, -0.2) is 0 Å². The maximum absolute atomic E-state index is 11.0. The average Bonchev–Trinajstić information content (AvgIpc) is 2.56. The Hall–Kier alpha value is -0.770. The van der Waals surface area contributed by atoms with Gasteiger partial charge in [0.15, 0.2) is 0 Å². The summed E-state index contributed by atoms with van der Waals surface area (Å²) in [6.45, 7) is 4.36. The van der Waals surface area contributed by atoms with Crippen molar-refractivity contribution in [3.63, 3.8) is 0 Å². The Kier molecular flexibility index (Phi) is 5.25. The Balaban J connectivity index is 2.45. The Morgan fingerprint density at radius 3 is 2.94 bits per heavy atom. The van der Waals surface area contributed by atoms with Crippen LogP contribution in [0.5, 0.6) is 0 Å². The van der Waals surface area contributed by atoms with E-state index in [1.165, 1.54) is 12.7 Å². The highest BCUT2D eigenvalue weighted by molar-refractivity contribution is 8.00. The minimum atomic E-state index is -0.184. The number of rotatable bonds is 6. The van der Waals surface area contributed by atoms with Crippen LogP contribution in [0.1, 0.15) is 26.7 Å². The molecule has 0 aromatic carbocycles. The van der Waals surface area contributed by atoms with E-state index in [4.69, 9.17) is 0 Å². The van der Waals surface area contributed by atoms with Gasteiger partial charge in [0.1, 0.15) is 6.29 Å². The number of allylic oxidation sites excluding steroid dienone is 1. The Morgan fingerprint density at radius 1 is 1.65 bits per heavy atom. The minimum absolute atomic E-state index is 0.0734. The van der Waals surface area contributed by atoms with Gasteiger partial charge >= 0.3 is 5.97 Å². The normalized spacial score (nSPS) is 22.1. The molecule has 0 amide bonds. The molecule has 1 atom stereocenters. The summed E-state index contributed by atoms with van der Waals surface area (Å²) in [7, 11) is 1.40. The van der Waals surface area contributed by atoms with Crippen LogP contribution in [0.3, 0.4) is 0 Å². The van der Waals surface area contributed by atoms with Crippen molar-refractivity contribution < 1.29 is 14.3 Å². The molecular formula is C13H20O3S. The van der Waals surface area contributed by atoms with E-state index < -0.39 is 0 Å². The van der Waals surface area contributed by atoms with Gasteiger partial charge in [-0.3, -0.25) is 4.79 Å². The molecule has 0 N–H and O–H groups in total.